The van der Waals surface area contributed by atoms with Crippen LogP contribution in [0.4, 0.5) is 0 Å². The van der Waals surface area contributed by atoms with Gasteiger partial charge in [0.1, 0.15) is 5.75 Å². The summed E-state index contributed by atoms with van der Waals surface area (Å²) in [6, 6.07) is -3.54. The average Bonchev–Trinajstić information content (AvgIpc) is 2.59. The molecule has 0 spiro atoms. The van der Waals surface area contributed by atoms with Crippen LogP contribution in [0.25, 0.3) is 0 Å². The normalized spacial score (nSPS) is 31.7. The smallest absolute Gasteiger partial charge is 0.115 e. The van der Waals surface area contributed by atoms with Crippen LogP contribution in [0.1, 0.15) is 60.0 Å². The Morgan fingerprint density at radius 3 is 2.53 bits per heavy atom. The van der Waals surface area contributed by atoms with Gasteiger partial charge in [-0.2, -0.15) is 0 Å². The highest BCUT2D eigenvalue weighted by molar-refractivity contribution is 5.30. The second-order valence-corrected chi connectivity index (χ2v) is 4.82. The molecule has 2 N–H and O–H groups in total. The Kier molecular flexibility index (Phi) is 1.68. The van der Waals surface area contributed by atoms with E-state index in [9.17, 15) is 10.2 Å². The Labute approximate surface area is 132 Å². The number of likely N-dealkylation sites (N-methyl/N-ethyl adjacent to an activating group) is 1. The van der Waals surface area contributed by atoms with Crippen LogP contribution in [-0.2, 0) is 0 Å². The molecule has 2 rings (SSSR count). The van der Waals surface area contributed by atoms with Gasteiger partial charge in [0.25, 0.3) is 0 Å². The first-order valence-electron chi connectivity index (χ1n) is 12.2. The third kappa shape index (κ3) is 3.48. The Morgan fingerprint density at radius 1 is 1.32 bits per heavy atom. The van der Waals surface area contributed by atoms with Gasteiger partial charge >= 0.3 is 0 Å². The van der Waals surface area contributed by atoms with E-state index in [0.717, 1.165) is 0 Å². The zero-order chi connectivity index (χ0) is 24.2. The van der Waals surface area contributed by atoms with Gasteiger partial charge in [-0.1, -0.05) is 31.3 Å². The highest BCUT2D eigenvalue weighted by Crippen LogP contribution is 2.40. The zero-order valence-corrected chi connectivity index (χ0v) is 10.5. The highest BCUT2D eigenvalue weighted by Gasteiger charge is 2.38. The monoisotopic (exact) mass is 275 g/mol. The van der Waals surface area contributed by atoms with Crippen molar-refractivity contribution in [3.8, 4) is 5.75 Å². The van der Waals surface area contributed by atoms with Crippen molar-refractivity contribution in [3.05, 3.63) is 29.7 Å². The summed E-state index contributed by atoms with van der Waals surface area (Å²) < 4.78 is 95.1. The summed E-state index contributed by atoms with van der Waals surface area (Å²) in [5, 5.41) is 21.3. The first kappa shape index (κ1) is 5.38. The lowest BCUT2D eigenvalue weighted by Gasteiger charge is -2.40. The first-order valence-corrected chi connectivity index (χ1v) is 6.19. The molecular weight excluding hydrogens is 238 g/mol. The number of aliphatic hydroxyl groups is 1. The summed E-state index contributed by atoms with van der Waals surface area (Å²) in [4.78, 5) is -0.344. The second-order valence-electron chi connectivity index (χ2n) is 4.82. The summed E-state index contributed by atoms with van der Waals surface area (Å²) in [5.41, 5.74) is -2.72. The van der Waals surface area contributed by atoms with Crippen LogP contribution in [0.3, 0.4) is 0 Å². The van der Waals surface area contributed by atoms with E-state index < -0.39 is 67.5 Å². The van der Waals surface area contributed by atoms with E-state index in [1.807, 2.05) is 0 Å². The average molecular weight is 275 g/mol. The van der Waals surface area contributed by atoms with Crippen LogP contribution in [0.15, 0.2) is 24.2 Å². The molecule has 0 heterocycles. The van der Waals surface area contributed by atoms with Crippen molar-refractivity contribution < 1.29 is 26.7 Å². The summed E-state index contributed by atoms with van der Waals surface area (Å²) in [6.07, 6.45) is 1.38. The fourth-order valence-electron chi connectivity index (χ4n) is 2.50. The Hall–Kier alpha value is -1.06. The fourth-order valence-corrected chi connectivity index (χ4v) is 2.50. The van der Waals surface area contributed by atoms with Crippen LogP contribution < -0.4 is 0 Å². The first-order chi connectivity index (χ1) is 13.9. The van der Waals surface area contributed by atoms with Gasteiger partial charge in [-0.05, 0) is 44.4 Å². The summed E-state index contributed by atoms with van der Waals surface area (Å²) in [5.74, 6) is -3.05. The van der Waals surface area contributed by atoms with E-state index in [2.05, 4.69) is 0 Å². The maximum atomic E-state index is 11.4. The van der Waals surface area contributed by atoms with Crippen LogP contribution in [0.5, 0.6) is 5.75 Å². The quantitative estimate of drug-likeness (QED) is 0.888. The van der Waals surface area contributed by atoms with E-state index >= 15 is 0 Å². The van der Waals surface area contributed by atoms with E-state index in [-0.39, 0.29) is 17.7 Å². The minimum atomic E-state index is -3.48. The van der Waals surface area contributed by atoms with E-state index in [0.29, 0.717) is 19.3 Å². The largest absolute Gasteiger partial charge is 0.508 e. The molecule has 0 aliphatic heterocycles. The van der Waals surface area contributed by atoms with E-state index in [4.69, 9.17) is 16.4 Å². The van der Waals surface area contributed by atoms with Crippen LogP contribution in [0, 0.1) is 0 Å². The lowest BCUT2D eigenvalue weighted by atomic mass is 9.72. The molecular formula is C16H25NO2. The minimum Gasteiger partial charge on any atom is -0.508 e. The van der Waals surface area contributed by atoms with Gasteiger partial charge in [0.15, 0.2) is 0 Å². The summed E-state index contributed by atoms with van der Waals surface area (Å²) >= 11 is 0. The molecule has 3 heteroatoms. The van der Waals surface area contributed by atoms with Crippen molar-refractivity contribution in [2.75, 3.05) is 20.4 Å². The molecule has 1 aliphatic rings. The topological polar surface area (TPSA) is 43.7 Å². The minimum absolute atomic E-state index is 0.0621. The van der Waals surface area contributed by atoms with Crippen LogP contribution in [0.2, 0.25) is 0 Å². The van der Waals surface area contributed by atoms with Crippen LogP contribution in [-0.4, -0.2) is 41.2 Å². The van der Waals surface area contributed by atoms with Gasteiger partial charge in [-0.3, -0.25) is 0 Å². The number of aromatic hydroxyl groups is 1. The molecule has 0 saturated heterocycles. The molecule has 19 heavy (non-hydrogen) atoms. The van der Waals surface area contributed by atoms with Gasteiger partial charge in [0.05, 0.1) is 11.1 Å². The van der Waals surface area contributed by atoms with Crippen molar-refractivity contribution in [1.29, 1.82) is 0 Å². The molecule has 1 aromatic rings. The molecule has 1 fully saturated rings. The van der Waals surface area contributed by atoms with Crippen molar-refractivity contribution >= 4 is 0 Å². The van der Waals surface area contributed by atoms with Crippen molar-refractivity contribution in [2.45, 2.75) is 43.6 Å². The fraction of sp³-hybridized carbons (Fsp3) is 0.625. The Morgan fingerprint density at radius 2 is 1.95 bits per heavy atom. The molecule has 1 atom stereocenters. The third-order valence-corrected chi connectivity index (χ3v) is 3.43. The number of rotatable bonds is 4. The van der Waals surface area contributed by atoms with Crippen molar-refractivity contribution in [2.24, 2.45) is 0 Å². The van der Waals surface area contributed by atoms with Gasteiger partial charge in [0, 0.05) is 23.4 Å². The molecule has 1 aromatic carbocycles. The van der Waals surface area contributed by atoms with Crippen molar-refractivity contribution in [1.82, 2.24) is 4.90 Å². The highest BCUT2D eigenvalue weighted by atomic mass is 16.3. The number of nitrogens with zero attached hydrogens (tertiary/aromatic N) is 1. The Bertz CT molecular complexity index is 786. The predicted molar refractivity (Wildman–Crippen MR) is 77.4 cm³/mol. The second kappa shape index (κ2) is 5.93. The zero-order valence-electron chi connectivity index (χ0n) is 22.5. The molecule has 0 bridgehead atoms. The van der Waals surface area contributed by atoms with Crippen LogP contribution >= 0.6 is 0 Å². The van der Waals surface area contributed by atoms with Gasteiger partial charge in [0.2, 0.25) is 0 Å². The summed E-state index contributed by atoms with van der Waals surface area (Å²) in [6.45, 7) is -10.3. The maximum absolute atomic E-state index is 11.4. The number of benzene rings is 1. The predicted octanol–water partition coefficient (Wildman–Crippen LogP) is 2.73. The molecule has 1 saturated carbocycles. The summed E-state index contributed by atoms with van der Waals surface area (Å²) in [7, 11) is 0. The molecule has 0 amide bonds. The molecule has 106 valence electrons. The number of hydrogen-bond donors (Lipinski definition) is 2. The number of phenolic OH excluding ortho intramolecular Hbond substituents is 1. The molecule has 0 radical (unpaired) electrons. The third-order valence-electron chi connectivity index (χ3n) is 3.43. The van der Waals surface area contributed by atoms with E-state index in [1.54, 1.807) is 0 Å². The van der Waals surface area contributed by atoms with Gasteiger partial charge in [-0.25, -0.2) is 0 Å². The molecule has 1 aliphatic carbocycles. The standard InChI is InChI=1S/C16H25NO2/c1-17(2)12-15(13-6-8-14(18)9-7-13)16(19)10-4-3-5-11-16/h6-9,15,18-19H,3-5,10-12H2,1-2H3/i1D3,2D3,6D,7D,8D,9D,12D2. The SMILES string of the molecule is [2H]c1c([2H])c(C(C2(O)CCCCC2)C([2H])([2H])N(C([2H])([2H])[2H])C([2H])([2H])[2H])c([2H])c([2H])c1O. The van der Waals surface area contributed by atoms with Gasteiger partial charge in [-0.15, -0.1) is 0 Å². The number of hydrogen-bond acceptors (Lipinski definition) is 3. The molecule has 0 aromatic heterocycles. The lowest BCUT2D eigenvalue weighted by Crippen LogP contribution is -2.42. The van der Waals surface area contributed by atoms with Crippen molar-refractivity contribution in [3.63, 3.8) is 0 Å². The Balaban J connectivity index is 2.92. The van der Waals surface area contributed by atoms with Gasteiger partial charge < -0.3 is 15.1 Å². The molecule has 3 nitrogen and oxygen atoms in total. The van der Waals surface area contributed by atoms with E-state index in [1.165, 1.54) is 0 Å². The number of phenols is 1. The maximum Gasteiger partial charge on any atom is 0.115 e. The lowest BCUT2D eigenvalue weighted by molar-refractivity contribution is -0.0277. The molecule has 1 unspecified atom stereocenters.